The summed E-state index contributed by atoms with van der Waals surface area (Å²) in [4.78, 5) is 1.79. The molecule has 10 nitrogen and oxygen atoms in total. The molecule has 1 fully saturated rings. The van der Waals surface area contributed by atoms with E-state index in [9.17, 15) is 21.6 Å². The predicted octanol–water partition coefficient (Wildman–Crippen LogP) is 1.65. The Bertz CT molecular complexity index is 1170. The van der Waals surface area contributed by atoms with E-state index >= 15 is 0 Å². The first-order chi connectivity index (χ1) is 14.1. The van der Waals surface area contributed by atoms with E-state index in [0.717, 1.165) is 0 Å². The number of alkyl halides is 3. The second kappa shape index (κ2) is 7.19. The van der Waals surface area contributed by atoms with Gasteiger partial charge in [0.05, 0.1) is 0 Å². The summed E-state index contributed by atoms with van der Waals surface area (Å²) in [6.45, 7) is 4.17. The van der Waals surface area contributed by atoms with Crippen LogP contribution in [0.1, 0.15) is 23.7 Å². The number of anilines is 1. The molecule has 0 N–H and O–H groups in total. The zero-order valence-corrected chi connectivity index (χ0v) is 16.9. The summed E-state index contributed by atoms with van der Waals surface area (Å²) in [5, 5.41) is 14.4. The van der Waals surface area contributed by atoms with Crippen molar-refractivity contribution in [3.8, 4) is 0 Å². The highest BCUT2D eigenvalue weighted by atomic mass is 32.2. The Balaban J connectivity index is 1.59. The number of aromatic nitrogens is 5. The highest BCUT2D eigenvalue weighted by molar-refractivity contribution is 7.89. The average Bonchev–Trinajstić information content (AvgIpc) is 3.14. The van der Waals surface area contributed by atoms with Crippen molar-refractivity contribution in [2.75, 3.05) is 31.1 Å². The summed E-state index contributed by atoms with van der Waals surface area (Å²) in [7, 11) is -3.80. The van der Waals surface area contributed by atoms with Crippen LogP contribution in [-0.4, -0.2) is 63.9 Å². The Morgan fingerprint density at radius 1 is 1.07 bits per heavy atom. The summed E-state index contributed by atoms with van der Waals surface area (Å²) in [5.41, 5.74) is 0.261. The molecule has 0 aliphatic carbocycles. The molecule has 0 unspecified atom stereocenters. The minimum atomic E-state index is -4.69. The number of hydrogen-bond donors (Lipinski definition) is 0. The van der Waals surface area contributed by atoms with Crippen molar-refractivity contribution in [1.82, 2.24) is 29.3 Å². The zero-order chi connectivity index (χ0) is 21.7. The molecule has 162 valence electrons. The van der Waals surface area contributed by atoms with Crippen LogP contribution in [0.15, 0.2) is 21.6 Å². The third-order valence-corrected chi connectivity index (χ3v) is 6.99. The van der Waals surface area contributed by atoms with Gasteiger partial charge < -0.3 is 9.42 Å². The molecule has 1 aliphatic rings. The second-order valence-electron chi connectivity index (χ2n) is 6.88. The van der Waals surface area contributed by atoms with Gasteiger partial charge in [-0.15, -0.1) is 15.3 Å². The molecule has 0 atom stereocenters. The van der Waals surface area contributed by atoms with Gasteiger partial charge in [0, 0.05) is 26.2 Å². The molecule has 0 spiro atoms. The van der Waals surface area contributed by atoms with E-state index in [1.54, 1.807) is 17.9 Å². The summed E-state index contributed by atoms with van der Waals surface area (Å²) in [6, 6.07) is 2.94. The quantitative estimate of drug-likeness (QED) is 0.599. The lowest BCUT2D eigenvalue weighted by Crippen LogP contribution is -2.36. The van der Waals surface area contributed by atoms with Crippen molar-refractivity contribution in [3.05, 3.63) is 29.4 Å². The van der Waals surface area contributed by atoms with Crippen LogP contribution in [0.25, 0.3) is 5.65 Å². The molecule has 14 heteroatoms. The third kappa shape index (κ3) is 3.49. The van der Waals surface area contributed by atoms with E-state index in [2.05, 4.69) is 20.5 Å². The lowest BCUT2D eigenvalue weighted by atomic mass is 10.4. The minimum absolute atomic E-state index is 0.0245. The van der Waals surface area contributed by atoms with Gasteiger partial charge in [0.1, 0.15) is 16.4 Å². The Kier molecular flexibility index (Phi) is 4.92. The van der Waals surface area contributed by atoms with Crippen LogP contribution in [0.4, 0.5) is 19.0 Å². The van der Waals surface area contributed by atoms with Crippen molar-refractivity contribution < 1.29 is 26.1 Å². The fraction of sp³-hybridized carbons (Fsp3) is 0.500. The molecule has 0 radical (unpaired) electrons. The molecule has 3 aromatic rings. The van der Waals surface area contributed by atoms with Crippen molar-refractivity contribution in [3.63, 3.8) is 0 Å². The van der Waals surface area contributed by atoms with Gasteiger partial charge >= 0.3 is 6.18 Å². The predicted molar refractivity (Wildman–Crippen MR) is 97.3 cm³/mol. The third-order valence-electron chi connectivity index (χ3n) is 4.85. The average molecular weight is 445 g/mol. The maximum Gasteiger partial charge on any atom is 0.453 e. The standard InChI is InChI=1S/C16H18F3N7O3S/c1-10-14(11(2)29-23-10)30(27,28)25-7-3-6-24(8-9-25)13-5-4-12-20-21-15(16(17,18)19)26(12)22-13/h4-5H,3,6-9H2,1-2H3. The Labute approximate surface area is 169 Å². The van der Waals surface area contributed by atoms with Gasteiger partial charge in [0.25, 0.3) is 5.82 Å². The first kappa shape index (κ1) is 20.5. The Hall–Kier alpha value is -2.74. The monoisotopic (exact) mass is 445 g/mol. The first-order valence-corrected chi connectivity index (χ1v) is 10.5. The topological polar surface area (TPSA) is 110 Å². The summed E-state index contributed by atoms with van der Waals surface area (Å²) in [6.07, 6.45) is -4.22. The van der Waals surface area contributed by atoms with E-state index in [4.69, 9.17) is 4.52 Å². The number of fused-ring (bicyclic) bond motifs is 1. The lowest BCUT2D eigenvalue weighted by molar-refractivity contribution is -0.146. The van der Waals surface area contributed by atoms with Crippen LogP contribution in [0.5, 0.6) is 0 Å². The summed E-state index contributed by atoms with van der Waals surface area (Å²) >= 11 is 0. The first-order valence-electron chi connectivity index (χ1n) is 9.06. The molecule has 4 heterocycles. The molecule has 1 saturated heterocycles. The largest absolute Gasteiger partial charge is 0.453 e. The van der Waals surface area contributed by atoms with Gasteiger partial charge in [-0.1, -0.05) is 5.16 Å². The van der Waals surface area contributed by atoms with Crippen molar-refractivity contribution in [2.45, 2.75) is 31.3 Å². The van der Waals surface area contributed by atoms with Crippen LogP contribution in [0.2, 0.25) is 0 Å². The maximum absolute atomic E-state index is 13.1. The van der Waals surface area contributed by atoms with Gasteiger partial charge in [-0.3, -0.25) is 0 Å². The lowest BCUT2D eigenvalue weighted by Gasteiger charge is -2.22. The molecule has 0 aromatic carbocycles. The van der Waals surface area contributed by atoms with Crippen LogP contribution in [0, 0.1) is 13.8 Å². The van der Waals surface area contributed by atoms with E-state index in [-0.39, 0.29) is 47.4 Å². The molecule has 30 heavy (non-hydrogen) atoms. The molecular weight excluding hydrogens is 427 g/mol. The zero-order valence-electron chi connectivity index (χ0n) is 16.1. The van der Waals surface area contributed by atoms with Crippen molar-refractivity contribution in [2.24, 2.45) is 0 Å². The van der Waals surface area contributed by atoms with Gasteiger partial charge in [-0.05, 0) is 32.4 Å². The van der Waals surface area contributed by atoms with E-state index in [1.165, 1.54) is 17.3 Å². The Morgan fingerprint density at radius 2 is 1.83 bits per heavy atom. The number of aryl methyl sites for hydroxylation is 2. The van der Waals surface area contributed by atoms with Crippen LogP contribution < -0.4 is 4.90 Å². The number of sulfonamides is 1. The number of rotatable bonds is 3. The number of nitrogens with zero attached hydrogens (tertiary/aromatic N) is 7. The maximum atomic E-state index is 13.1. The summed E-state index contributed by atoms with van der Waals surface area (Å²) in [5.74, 6) is -0.714. The van der Waals surface area contributed by atoms with Gasteiger partial charge in [0.15, 0.2) is 11.4 Å². The molecule has 1 aliphatic heterocycles. The highest BCUT2D eigenvalue weighted by Crippen LogP contribution is 2.28. The molecular formula is C16H18F3N7O3S. The number of halogens is 3. The highest BCUT2D eigenvalue weighted by Gasteiger charge is 2.38. The molecule has 3 aromatic heterocycles. The van der Waals surface area contributed by atoms with Crippen LogP contribution in [-0.2, 0) is 16.2 Å². The molecule has 0 saturated carbocycles. The molecule has 0 bridgehead atoms. The van der Waals surface area contributed by atoms with Crippen LogP contribution >= 0.6 is 0 Å². The van der Waals surface area contributed by atoms with Gasteiger partial charge in [0.2, 0.25) is 10.0 Å². The van der Waals surface area contributed by atoms with Crippen LogP contribution in [0.3, 0.4) is 0 Å². The fourth-order valence-corrected chi connectivity index (χ4v) is 5.22. The minimum Gasteiger partial charge on any atom is -0.360 e. The smallest absolute Gasteiger partial charge is 0.360 e. The molecule has 4 rings (SSSR count). The van der Waals surface area contributed by atoms with E-state index in [0.29, 0.717) is 17.5 Å². The Morgan fingerprint density at radius 3 is 2.50 bits per heavy atom. The van der Waals surface area contributed by atoms with E-state index in [1.807, 2.05) is 0 Å². The number of hydrogen-bond acceptors (Lipinski definition) is 8. The van der Waals surface area contributed by atoms with Gasteiger partial charge in [-0.2, -0.15) is 22.0 Å². The van der Waals surface area contributed by atoms with Crippen molar-refractivity contribution in [1.29, 1.82) is 0 Å². The molecule has 0 amide bonds. The van der Waals surface area contributed by atoms with Crippen molar-refractivity contribution >= 4 is 21.5 Å². The second-order valence-corrected chi connectivity index (χ2v) is 8.76. The van der Waals surface area contributed by atoms with Gasteiger partial charge in [-0.25, -0.2) is 8.42 Å². The summed E-state index contributed by atoms with van der Waals surface area (Å²) < 4.78 is 72.3. The normalized spacial score (nSPS) is 16.9. The van der Waals surface area contributed by atoms with E-state index < -0.39 is 22.0 Å². The fourth-order valence-electron chi connectivity index (χ4n) is 3.46. The SMILES string of the molecule is Cc1noc(C)c1S(=O)(=O)N1CCCN(c2ccc3nnc(C(F)(F)F)n3n2)CC1.